The molecule has 8 nitrogen and oxygen atoms in total. The Morgan fingerprint density at radius 1 is 1.19 bits per heavy atom. The lowest BCUT2D eigenvalue weighted by Gasteiger charge is -2.18. The van der Waals surface area contributed by atoms with Crippen LogP contribution in [0, 0.1) is 0 Å². The average molecular weight is 434 g/mol. The summed E-state index contributed by atoms with van der Waals surface area (Å²) in [6, 6.07) is 11.0. The first-order chi connectivity index (χ1) is 14.9. The molecular formula is C21H24F2N4O4. The fourth-order valence-corrected chi connectivity index (χ4v) is 3.72. The molecule has 2 fully saturated rings. The normalized spacial score (nSPS) is 21.5. The van der Waals surface area contributed by atoms with Crippen molar-refractivity contribution in [2.75, 3.05) is 5.32 Å². The number of amides is 2. The maximum absolute atomic E-state index is 12.9. The van der Waals surface area contributed by atoms with Gasteiger partial charge in [0.2, 0.25) is 0 Å². The van der Waals surface area contributed by atoms with Gasteiger partial charge in [-0.05, 0) is 37.7 Å². The van der Waals surface area contributed by atoms with Crippen LogP contribution in [0.25, 0.3) is 0 Å². The second-order valence-corrected chi connectivity index (χ2v) is 8.01. The van der Waals surface area contributed by atoms with Gasteiger partial charge in [0.1, 0.15) is 18.2 Å². The standard InChI is InChI=1S/C21H24F2N4O4/c22-18(23)21(8-9-21)25-20(29)31-15-7-6-14(10-15)16-11-17(27-26-16)24-19(28)30-12-13-4-2-1-3-5-13/h1-5,11,14-15,18H,6-10,12H2,(H,25,29)(H2,24,26,27,28)/t14-,15+/m0/s1. The van der Waals surface area contributed by atoms with E-state index in [4.69, 9.17) is 9.47 Å². The van der Waals surface area contributed by atoms with Crippen LogP contribution in [-0.2, 0) is 16.1 Å². The number of hydrogen-bond donors (Lipinski definition) is 3. The second kappa shape index (κ2) is 8.91. The van der Waals surface area contributed by atoms with Crippen LogP contribution >= 0.6 is 0 Å². The van der Waals surface area contributed by atoms with Crippen molar-refractivity contribution in [3.63, 3.8) is 0 Å². The number of ether oxygens (including phenoxy) is 2. The van der Waals surface area contributed by atoms with Crippen LogP contribution in [0.1, 0.15) is 49.3 Å². The molecule has 1 aromatic heterocycles. The van der Waals surface area contributed by atoms with Crippen molar-refractivity contribution >= 4 is 18.0 Å². The van der Waals surface area contributed by atoms with E-state index in [1.54, 1.807) is 6.07 Å². The number of nitrogens with one attached hydrogen (secondary N) is 3. The number of hydrogen-bond acceptors (Lipinski definition) is 5. The average Bonchev–Trinajstić information content (AvgIpc) is 3.16. The minimum absolute atomic E-state index is 0.0613. The third-order valence-electron chi connectivity index (χ3n) is 5.70. The molecule has 0 radical (unpaired) electrons. The van der Waals surface area contributed by atoms with E-state index in [0.717, 1.165) is 17.7 Å². The highest BCUT2D eigenvalue weighted by molar-refractivity contribution is 5.83. The van der Waals surface area contributed by atoms with E-state index in [2.05, 4.69) is 20.8 Å². The fraction of sp³-hybridized carbons (Fsp3) is 0.476. The van der Waals surface area contributed by atoms with Crippen LogP contribution in [0.15, 0.2) is 36.4 Å². The lowest BCUT2D eigenvalue weighted by Crippen LogP contribution is -2.43. The fourth-order valence-electron chi connectivity index (χ4n) is 3.72. The van der Waals surface area contributed by atoms with Crippen molar-refractivity contribution in [1.29, 1.82) is 0 Å². The lowest BCUT2D eigenvalue weighted by atomic mass is 10.0. The summed E-state index contributed by atoms with van der Waals surface area (Å²) >= 11 is 0. The van der Waals surface area contributed by atoms with Crippen LogP contribution in [0.2, 0.25) is 0 Å². The quantitative estimate of drug-likeness (QED) is 0.602. The van der Waals surface area contributed by atoms with Gasteiger partial charge in [0.05, 0.1) is 0 Å². The Bertz CT molecular complexity index is 917. The SMILES string of the molecule is O=C(Nc1cc([C@H]2CC[C@@H](OC(=O)NC3(C(F)F)CC3)C2)[nH]n1)OCc1ccccc1. The Hall–Kier alpha value is -3.17. The Morgan fingerprint density at radius 2 is 1.97 bits per heavy atom. The molecule has 2 saturated carbocycles. The van der Waals surface area contributed by atoms with E-state index in [0.29, 0.717) is 18.7 Å². The number of rotatable bonds is 7. The predicted molar refractivity (Wildman–Crippen MR) is 107 cm³/mol. The summed E-state index contributed by atoms with van der Waals surface area (Å²) in [5.74, 6) is 0.397. The second-order valence-electron chi connectivity index (χ2n) is 8.01. The zero-order valence-electron chi connectivity index (χ0n) is 16.8. The topological polar surface area (TPSA) is 105 Å². The number of halogens is 2. The number of carbonyl (C=O) groups is 2. The molecule has 4 rings (SSSR count). The molecule has 0 spiro atoms. The molecule has 2 aliphatic carbocycles. The first-order valence-electron chi connectivity index (χ1n) is 10.2. The number of aromatic amines is 1. The molecule has 1 aromatic carbocycles. The molecule has 2 aromatic rings. The van der Waals surface area contributed by atoms with Gasteiger partial charge < -0.3 is 14.8 Å². The van der Waals surface area contributed by atoms with Crippen molar-refractivity contribution in [1.82, 2.24) is 15.5 Å². The van der Waals surface area contributed by atoms with Gasteiger partial charge in [0.15, 0.2) is 5.82 Å². The first-order valence-corrected chi connectivity index (χ1v) is 10.2. The number of benzene rings is 1. The largest absolute Gasteiger partial charge is 0.446 e. The Balaban J connectivity index is 1.22. The van der Waals surface area contributed by atoms with Crippen LogP contribution in [-0.4, -0.2) is 40.5 Å². The summed E-state index contributed by atoms with van der Waals surface area (Å²) in [7, 11) is 0. The molecule has 10 heteroatoms. The third-order valence-corrected chi connectivity index (χ3v) is 5.70. The molecule has 1 heterocycles. The van der Waals surface area contributed by atoms with E-state index in [-0.39, 0.29) is 31.5 Å². The number of carbonyl (C=O) groups excluding carboxylic acids is 2. The van der Waals surface area contributed by atoms with Gasteiger partial charge in [0.25, 0.3) is 6.43 Å². The molecule has 2 aliphatic rings. The summed E-state index contributed by atoms with van der Waals surface area (Å²) in [6.07, 6.45) is -1.89. The third kappa shape index (κ3) is 5.31. The van der Waals surface area contributed by atoms with Gasteiger partial charge in [-0.3, -0.25) is 10.4 Å². The summed E-state index contributed by atoms with van der Waals surface area (Å²) < 4.78 is 36.4. The number of aromatic nitrogens is 2. The zero-order valence-corrected chi connectivity index (χ0v) is 16.8. The van der Waals surface area contributed by atoms with Gasteiger partial charge in [-0.2, -0.15) is 5.10 Å². The van der Waals surface area contributed by atoms with Crippen LogP contribution in [0.4, 0.5) is 24.2 Å². The smallest absolute Gasteiger partial charge is 0.413 e. The molecule has 0 unspecified atom stereocenters. The Labute approximate surface area is 177 Å². The van der Waals surface area contributed by atoms with Crippen molar-refractivity contribution in [2.45, 2.75) is 62.7 Å². The maximum Gasteiger partial charge on any atom is 0.413 e. The Kier molecular flexibility index (Phi) is 6.06. The number of H-pyrrole nitrogens is 1. The molecule has 166 valence electrons. The minimum Gasteiger partial charge on any atom is -0.446 e. The molecular weight excluding hydrogens is 410 g/mol. The molecule has 3 N–H and O–H groups in total. The molecule has 2 amide bonds. The van der Waals surface area contributed by atoms with Crippen LogP contribution in [0.3, 0.4) is 0 Å². The van der Waals surface area contributed by atoms with Crippen molar-refractivity contribution in [3.8, 4) is 0 Å². The van der Waals surface area contributed by atoms with E-state index >= 15 is 0 Å². The molecule has 0 saturated heterocycles. The van der Waals surface area contributed by atoms with Crippen molar-refractivity contribution < 1.29 is 27.8 Å². The summed E-state index contributed by atoms with van der Waals surface area (Å²) in [4.78, 5) is 23.9. The van der Waals surface area contributed by atoms with Gasteiger partial charge in [-0.25, -0.2) is 18.4 Å². The Morgan fingerprint density at radius 3 is 2.68 bits per heavy atom. The number of alkyl carbamates (subject to hydrolysis) is 1. The first kappa shape index (κ1) is 21.1. The monoisotopic (exact) mass is 434 g/mol. The van der Waals surface area contributed by atoms with E-state index < -0.39 is 24.2 Å². The van der Waals surface area contributed by atoms with Gasteiger partial charge in [-0.1, -0.05) is 30.3 Å². The van der Waals surface area contributed by atoms with E-state index in [9.17, 15) is 18.4 Å². The van der Waals surface area contributed by atoms with Crippen molar-refractivity contribution in [3.05, 3.63) is 47.7 Å². The highest BCUT2D eigenvalue weighted by atomic mass is 19.3. The van der Waals surface area contributed by atoms with Crippen LogP contribution in [0.5, 0.6) is 0 Å². The minimum atomic E-state index is -2.59. The molecule has 2 atom stereocenters. The maximum atomic E-state index is 12.9. The molecule has 31 heavy (non-hydrogen) atoms. The number of nitrogens with zero attached hydrogens (tertiary/aromatic N) is 1. The van der Waals surface area contributed by atoms with E-state index in [1.165, 1.54) is 0 Å². The van der Waals surface area contributed by atoms with E-state index in [1.807, 2.05) is 30.3 Å². The highest BCUT2D eigenvalue weighted by Crippen LogP contribution is 2.41. The molecule has 0 bridgehead atoms. The number of alkyl halides is 2. The highest BCUT2D eigenvalue weighted by Gasteiger charge is 2.53. The summed E-state index contributed by atoms with van der Waals surface area (Å²) in [5.41, 5.74) is 0.271. The lowest BCUT2D eigenvalue weighted by molar-refractivity contribution is 0.0605. The van der Waals surface area contributed by atoms with Gasteiger partial charge >= 0.3 is 12.2 Å². The molecule has 0 aliphatic heterocycles. The zero-order chi connectivity index (χ0) is 21.8. The number of anilines is 1. The summed E-state index contributed by atoms with van der Waals surface area (Å²) in [6.45, 7) is 0.153. The van der Waals surface area contributed by atoms with Crippen molar-refractivity contribution in [2.24, 2.45) is 0 Å². The predicted octanol–water partition coefficient (Wildman–Crippen LogP) is 4.32. The van der Waals surface area contributed by atoms with Crippen LogP contribution < -0.4 is 10.6 Å². The van der Waals surface area contributed by atoms with Gasteiger partial charge in [0, 0.05) is 17.7 Å². The summed E-state index contributed by atoms with van der Waals surface area (Å²) in [5, 5.41) is 11.8. The van der Waals surface area contributed by atoms with Gasteiger partial charge in [-0.15, -0.1) is 0 Å².